The molecule has 29 heavy (non-hydrogen) atoms. The van der Waals surface area contributed by atoms with Crippen LogP contribution >= 0.6 is 0 Å². The Morgan fingerprint density at radius 3 is 2.52 bits per heavy atom. The number of nitrogens with one attached hydrogen (secondary N) is 2. The number of hydrogen-bond acceptors (Lipinski definition) is 6. The largest absolute Gasteiger partial charge is 0.354 e. The fraction of sp³-hybridized carbons (Fsp3) is 0.389. The maximum atomic E-state index is 13.9. The molecule has 0 aliphatic carbocycles. The van der Waals surface area contributed by atoms with Crippen molar-refractivity contribution in [2.24, 2.45) is 5.92 Å². The standard InChI is InChI=1S/C18H21F2N5O3S/c19-14-2-3-15(20)16(12-14)29(27,28)25-10-4-13(5-11-25)17(26)21-8-9-24-18-22-6-1-7-23-18/h1-3,6-7,12-13H,4-5,8-11H2,(H,21,26)(H,22,23,24). The van der Waals surface area contributed by atoms with Crippen molar-refractivity contribution in [1.29, 1.82) is 0 Å². The van der Waals surface area contributed by atoms with Gasteiger partial charge in [0.25, 0.3) is 0 Å². The van der Waals surface area contributed by atoms with Crippen LogP contribution in [-0.4, -0.2) is 54.8 Å². The number of benzene rings is 1. The maximum Gasteiger partial charge on any atom is 0.246 e. The van der Waals surface area contributed by atoms with E-state index in [0.717, 1.165) is 16.4 Å². The third-order valence-corrected chi connectivity index (χ3v) is 6.52. The topological polar surface area (TPSA) is 104 Å². The van der Waals surface area contributed by atoms with Crippen molar-refractivity contribution in [3.8, 4) is 0 Å². The molecule has 3 rings (SSSR count). The van der Waals surface area contributed by atoms with Crippen LogP contribution in [0.2, 0.25) is 0 Å². The highest BCUT2D eigenvalue weighted by molar-refractivity contribution is 7.89. The molecule has 0 unspecified atom stereocenters. The van der Waals surface area contributed by atoms with E-state index in [0.29, 0.717) is 37.9 Å². The maximum absolute atomic E-state index is 13.9. The second-order valence-corrected chi connectivity index (χ2v) is 8.45. The predicted octanol–water partition coefficient (Wildman–Crippen LogP) is 1.38. The minimum absolute atomic E-state index is 0.0620. The predicted molar refractivity (Wildman–Crippen MR) is 101 cm³/mol. The number of aromatic nitrogens is 2. The van der Waals surface area contributed by atoms with Crippen LogP contribution in [0.1, 0.15) is 12.8 Å². The van der Waals surface area contributed by atoms with Gasteiger partial charge in [0.2, 0.25) is 21.9 Å². The van der Waals surface area contributed by atoms with Gasteiger partial charge in [-0.3, -0.25) is 4.79 Å². The van der Waals surface area contributed by atoms with E-state index in [9.17, 15) is 22.0 Å². The van der Waals surface area contributed by atoms with Gasteiger partial charge >= 0.3 is 0 Å². The van der Waals surface area contributed by atoms with E-state index in [1.54, 1.807) is 18.5 Å². The Morgan fingerprint density at radius 1 is 1.14 bits per heavy atom. The SMILES string of the molecule is O=C(NCCNc1ncccn1)C1CCN(S(=O)(=O)c2cc(F)ccc2F)CC1. The second kappa shape index (κ2) is 9.23. The molecule has 0 spiro atoms. The Kier molecular flexibility index (Phi) is 6.70. The van der Waals surface area contributed by atoms with E-state index < -0.39 is 26.6 Å². The summed E-state index contributed by atoms with van der Waals surface area (Å²) in [5, 5.41) is 5.76. The normalized spacial score (nSPS) is 15.8. The van der Waals surface area contributed by atoms with Crippen LogP contribution in [0.25, 0.3) is 0 Å². The van der Waals surface area contributed by atoms with Crippen molar-refractivity contribution in [3.05, 3.63) is 48.3 Å². The number of halogens is 2. The zero-order valence-electron chi connectivity index (χ0n) is 15.5. The fourth-order valence-corrected chi connectivity index (χ4v) is 4.61. The molecule has 2 heterocycles. The number of carbonyl (C=O) groups excluding carboxylic acids is 1. The quantitative estimate of drug-likeness (QED) is 0.650. The van der Waals surface area contributed by atoms with E-state index in [4.69, 9.17) is 0 Å². The molecule has 0 radical (unpaired) electrons. The summed E-state index contributed by atoms with van der Waals surface area (Å²) in [5.74, 6) is -1.87. The molecule has 0 saturated carbocycles. The first kappa shape index (κ1) is 21.1. The van der Waals surface area contributed by atoms with E-state index >= 15 is 0 Å². The van der Waals surface area contributed by atoms with E-state index in [1.807, 2.05) is 0 Å². The van der Waals surface area contributed by atoms with E-state index in [2.05, 4.69) is 20.6 Å². The molecule has 1 aromatic carbocycles. The molecule has 8 nitrogen and oxygen atoms in total. The molecule has 1 amide bonds. The van der Waals surface area contributed by atoms with Crippen molar-refractivity contribution < 1.29 is 22.0 Å². The third kappa shape index (κ3) is 5.24. The molecule has 1 aromatic heterocycles. The van der Waals surface area contributed by atoms with Crippen LogP contribution in [0.5, 0.6) is 0 Å². The van der Waals surface area contributed by atoms with Crippen LogP contribution in [0.15, 0.2) is 41.6 Å². The molecule has 156 valence electrons. The summed E-state index contributed by atoms with van der Waals surface area (Å²) in [6.45, 7) is 0.935. The highest BCUT2D eigenvalue weighted by atomic mass is 32.2. The number of hydrogen-bond donors (Lipinski definition) is 2. The van der Waals surface area contributed by atoms with Crippen LogP contribution in [-0.2, 0) is 14.8 Å². The number of rotatable bonds is 7. The first-order chi connectivity index (χ1) is 13.9. The van der Waals surface area contributed by atoms with E-state index in [-0.39, 0.29) is 24.9 Å². The Bertz CT molecular complexity index is 951. The summed E-state index contributed by atoms with van der Waals surface area (Å²) in [6.07, 6.45) is 3.81. The second-order valence-electron chi connectivity index (χ2n) is 6.54. The van der Waals surface area contributed by atoms with Gasteiger partial charge in [-0.15, -0.1) is 0 Å². The van der Waals surface area contributed by atoms with Gasteiger partial charge in [0, 0.05) is 44.5 Å². The van der Waals surface area contributed by atoms with Gasteiger partial charge in [-0.2, -0.15) is 4.31 Å². The molecule has 2 aromatic rings. The number of piperidine rings is 1. The molecule has 1 aliphatic rings. The summed E-state index contributed by atoms with van der Waals surface area (Å²) < 4.78 is 53.5. The van der Waals surface area contributed by atoms with Crippen molar-refractivity contribution in [2.45, 2.75) is 17.7 Å². The van der Waals surface area contributed by atoms with Crippen LogP contribution in [0.4, 0.5) is 14.7 Å². The summed E-state index contributed by atoms with van der Waals surface area (Å²) in [6, 6.07) is 4.02. The summed E-state index contributed by atoms with van der Waals surface area (Å²) in [4.78, 5) is 19.6. The lowest BCUT2D eigenvalue weighted by Gasteiger charge is -2.30. The van der Waals surface area contributed by atoms with Crippen LogP contribution < -0.4 is 10.6 Å². The highest BCUT2D eigenvalue weighted by Crippen LogP contribution is 2.26. The number of nitrogens with zero attached hydrogens (tertiary/aromatic N) is 3. The monoisotopic (exact) mass is 425 g/mol. The Hall–Kier alpha value is -2.66. The third-order valence-electron chi connectivity index (χ3n) is 4.61. The molecule has 11 heteroatoms. The molecular formula is C18H21F2N5O3S. The number of amides is 1. The van der Waals surface area contributed by atoms with Crippen LogP contribution in [0.3, 0.4) is 0 Å². The first-order valence-electron chi connectivity index (χ1n) is 9.12. The van der Waals surface area contributed by atoms with Gasteiger partial charge in [0.15, 0.2) is 0 Å². The van der Waals surface area contributed by atoms with Gasteiger partial charge in [0.1, 0.15) is 16.5 Å². The molecule has 1 saturated heterocycles. The van der Waals surface area contributed by atoms with E-state index in [1.165, 1.54) is 0 Å². The smallest absolute Gasteiger partial charge is 0.246 e. The number of anilines is 1. The number of sulfonamides is 1. The minimum atomic E-state index is -4.15. The molecule has 0 bridgehead atoms. The highest BCUT2D eigenvalue weighted by Gasteiger charge is 2.33. The zero-order valence-corrected chi connectivity index (χ0v) is 16.3. The molecule has 1 aliphatic heterocycles. The minimum Gasteiger partial charge on any atom is -0.354 e. The molecular weight excluding hydrogens is 404 g/mol. The van der Waals surface area contributed by atoms with Gasteiger partial charge < -0.3 is 10.6 Å². The van der Waals surface area contributed by atoms with Crippen molar-refractivity contribution in [3.63, 3.8) is 0 Å². The van der Waals surface area contributed by atoms with Crippen LogP contribution in [0, 0.1) is 17.6 Å². The molecule has 1 fully saturated rings. The van der Waals surface area contributed by atoms with Gasteiger partial charge in [-0.1, -0.05) is 0 Å². The molecule has 0 atom stereocenters. The summed E-state index contributed by atoms with van der Waals surface area (Å²) >= 11 is 0. The number of carbonyl (C=O) groups is 1. The van der Waals surface area contributed by atoms with Gasteiger partial charge in [0.05, 0.1) is 0 Å². The van der Waals surface area contributed by atoms with Gasteiger partial charge in [-0.05, 0) is 37.1 Å². The fourth-order valence-electron chi connectivity index (χ4n) is 3.07. The average Bonchev–Trinajstić information content (AvgIpc) is 2.73. The average molecular weight is 425 g/mol. The lowest BCUT2D eigenvalue weighted by molar-refractivity contribution is -0.126. The lowest BCUT2D eigenvalue weighted by atomic mass is 9.97. The first-order valence-corrected chi connectivity index (χ1v) is 10.6. The van der Waals surface area contributed by atoms with Gasteiger partial charge in [-0.25, -0.2) is 27.2 Å². The Morgan fingerprint density at radius 2 is 1.83 bits per heavy atom. The summed E-state index contributed by atoms with van der Waals surface area (Å²) in [5.41, 5.74) is 0. The van der Waals surface area contributed by atoms with Crippen molar-refractivity contribution in [1.82, 2.24) is 19.6 Å². The zero-order chi connectivity index (χ0) is 20.9. The van der Waals surface area contributed by atoms with Crippen molar-refractivity contribution >= 4 is 21.9 Å². The molecule has 2 N–H and O–H groups in total. The lowest BCUT2D eigenvalue weighted by Crippen LogP contribution is -2.43. The Balaban J connectivity index is 1.48. The Labute approximate surface area is 167 Å². The van der Waals surface area contributed by atoms with Crippen molar-refractivity contribution in [2.75, 3.05) is 31.5 Å². The summed E-state index contributed by atoms with van der Waals surface area (Å²) in [7, 11) is -4.15.